The molecule has 0 aliphatic rings. The van der Waals surface area contributed by atoms with Gasteiger partial charge in [0, 0.05) is 11.4 Å². The van der Waals surface area contributed by atoms with Crippen LogP contribution in [-0.4, -0.2) is 38.1 Å². The predicted molar refractivity (Wildman–Crippen MR) is 108 cm³/mol. The van der Waals surface area contributed by atoms with Gasteiger partial charge in [0.2, 0.25) is 5.82 Å². The van der Waals surface area contributed by atoms with Gasteiger partial charge in [-0.3, -0.25) is 4.79 Å². The van der Waals surface area contributed by atoms with E-state index in [1.165, 1.54) is 4.52 Å². The highest BCUT2D eigenvalue weighted by molar-refractivity contribution is 6.09. The van der Waals surface area contributed by atoms with Crippen molar-refractivity contribution in [1.82, 2.24) is 19.6 Å². The molecule has 2 heterocycles. The van der Waals surface area contributed by atoms with Crippen LogP contribution in [0.25, 0.3) is 16.6 Å². The maximum absolute atomic E-state index is 12.8. The van der Waals surface area contributed by atoms with Crippen molar-refractivity contribution < 1.29 is 14.3 Å². The summed E-state index contributed by atoms with van der Waals surface area (Å²) in [6.07, 6.45) is 0. The Bertz CT molecular complexity index is 1260. The zero-order valence-corrected chi connectivity index (χ0v) is 16.3. The number of anilines is 1. The van der Waals surface area contributed by atoms with Crippen LogP contribution in [0.1, 0.15) is 39.3 Å². The molecule has 8 heteroatoms. The number of hydrogen-bond acceptors (Lipinski definition) is 6. The molecule has 0 atom stereocenters. The van der Waals surface area contributed by atoms with Crippen LogP contribution < -0.4 is 5.32 Å². The van der Waals surface area contributed by atoms with Crippen LogP contribution in [0.2, 0.25) is 0 Å². The number of carbonyl (C=O) groups excluding carboxylic acids is 2. The Balaban J connectivity index is 1.74. The lowest BCUT2D eigenvalue weighted by atomic mass is 10.0. The molecule has 0 saturated heterocycles. The van der Waals surface area contributed by atoms with E-state index >= 15 is 0 Å². The summed E-state index contributed by atoms with van der Waals surface area (Å²) in [7, 11) is 0. The van der Waals surface area contributed by atoms with Crippen molar-refractivity contribution in [1.29, 1.82) is 0 Å². The Morgan fingerprint density at radius 2 is 1.79 bits per heavy atom. The molecule has 146 valence electrons. The number of esters is 1. The summed E-state index contributed by atoms with van der Waals surface area (Å²) < 4.78 is 6.65. The van der Waals surface area contributed by atoms with Gasteiger partial charge in [0.05, 0.1) is 17.9 Å². The number of fused-ring (bicyclic) bond motifs is 2. The molecule has 0 aliphatic carbocycles. The normalized spacial score (nSPS) is 11.0. The summed E-state index contributed by atoms with van der Waals surface area (Å²) >= 11 is 0. The van der Waals surface area contributed by atoms with Gasteiger partial charge in [0.1, 0.15) is 0 Å². The molecule has 0 aliphatic heterocycles. The molecule has 0 fully saturated rings. The molecular formula is C21H19N5O3. The standard InChI is InChI=1S/C21H19N5O3/c1-4-29-20(28)16-10-14-7-5-6-8-15(14)11-17(16)23-19(27)18-24-21-22-12(2)9-13(3)26(21)25-18/h5-11H,4H2,1-3H3,(H,23,27). The molecular weight excluding hydrogens is 370 g/mol. The molecule has 2 aromatic heterocycles. The first-order chi connectivity index (χ1) is 14.0. The summed E-state index contributed by atoms with van der Waals surface area (Å²) in [4.78, 5) is 33.8. The topological polar surface area (TPSA) is 98.5 Å². The zero-order chi connectivity index (χ0) is 20.5. The minimum Gasteiger partial charge on any atom is -0.462 e. The van der Waals surface area contributed by atoms with Crippen molar-refractivity contribution in [3.63, 3.8) is 0 Å². The van der Waals surface area contributed by atoms with E-state index in [9.17, 15) is 9.59 Å². The van der Waals surface area contributed by atoms with Gasteiger partial charge in [-0.15, -0.1) is 5.10 Å². The molecule has 0 radical (unpaired) electrons. The average Bonchev–Trinajstić information content (AvgIpc) is 3.12. The van der Waals surface area contributed by atoms with E-state index in [1.807, 2.05) is 44.2 Å². The first kappa shape index (κ1) is 18.5. The fourth-order valence-electron chi connectivity index (χ4n) is 3.16. The molecule has 0 saturated carbocycles. The van der Waals surface area contributed by atoms with Crippen LogP contribution in [0, 0.1) is 13.8 Å². The number of benzene rings is 2. The third-order valence-electron chi connectivity index (χ3n) is 4.45. The Kier molecular flexibility index (Phi) is 4.67. The smallest absolute Gasteiger partial charge is 0.340 e. The van der Waals surface area contributed by atoms with Gasteiger partial charge in [0.15, 0.2) is 0 Å². The van der Waals surface area contributed by atoms with Crippen LogP contribution >= 0.6 is 0 Å². The van der Waals surface area contributed by atoms with E-state index < -0.39 is 11.9 Å². The lowest BCUT2D eigenvalue weighted by Gasteiger charge is -2.11. The van der Waals surface area contributed by atoms with Gasteiger partial charge in [0.25, 0.3) is 11.7 Å². The summed E-state index contributed by atoms with van der Waals surface area (Å²) in [5.74, 6) is -0.732. The van der Waals surface area contributed by atoms with Crippen molar-refractivity contribution in [2.75, 3.05) is 11.9 Å². The van der Waals surface area contributed by atoms with Crippen LogP contribution in [-0.2, 0) is 4.74 Å². The number of carbonyl (C=O) groups is 2. The number of amides is 1. The van der Waals surface area contributed by atoms with Gasteiger partial charge < -0.3 is 10.1 Å². The molecule has 1 amide bonds. The molecule has 4 aromatic rings. The quantitative estimate of drug-likeness (QED) is 0.538. The van der Waals surface area contributed by atoms with Crippen molar-refractivity contribution in [2.24, 2.45) is 0 Å². The lowest BCUT2D eigenvalue weighted by molar-refractivity contribution is 0.0528. The zero-order valence-electron chi connectivity index (χ0n) is 16.3. The third kappa shape index (κ3) is 3.52. The van der Waals surface area contributed by atoms with E-state index in [0.717, 1.165) is 22.2 Å². The number of nitrogens with zero attached hydrogens (tertiary/aromatic N) is 4. The summed E-state index contributed by atoms with van der Waals surface area (Å²) in [6, 6.07) is 12.9. The average molecular weight is 389 g/mol. The second-order valence-corrected chi connectivity index (χ2v) is 6.61. The molecule has 4 rings (SSSR count). The molecule has 0 unspecified atom stereocenters. The SMILES string of the molecule is CCOC(=O)c1cc2ccccc2cc1NC(=O)c1nc2nc(C)cc(C)n2n1. The number of rotatable bonds is 4. The minimum absolute atomic E-state index is 0.0332. The molecule has 29 heavy (non-hydrogen) atoms. The van der Waals surface area contributed by atoms with E-state index in [1.54, 1.807) is 19.1 Å². The second kappa shape index (κ2) is 7.31. The van der Waals surface area contributed by atoms with Crippen LogP contribution in [0.3, 0.4) is 0 Å². The van der Waals surface area contributed by atoms with Gasteiger partial charge in [-0.1, -0.05) is 24.3 Å². The number of hydrogen-bond donors (Lipinski definition) is 1. The van der Waals surface area contributed by atoms with Crippen molar-refractivity contribution in [3.05, 3.63) is 65.2 Å². The largest absolute Gasteiger partial charge is 0.462 e. The van der Waals surface area contributed by atoms with E-state index in [-0.39, 0.29) is 18.0 Å². The first-order valence-corrected chi connectivity index (χ1v) is 9.18. The van der Waals surface area contributed by atoms with Gasteiger partial charge in [-0.25, -0.2) is 14.3 Å². The molecule has 8 nitrogen and oxygen atoms in total. The van der Waals surface area contributed by atoms with Crippen LogP contribution in [0.15, 0.2) is 42.5 Å². The Hall–Kier alpha value is -3.81. The Labute approximate surface area is 166 Å². The van der Waals surface area contributed by atoms with E-state index in [4.69, 9.17) is 4.74 Å². The van der Waals surface area contributed by atoms with Crippen molar-refractivity contribution in [2.45, 2.75) is 20.8 Å². The van der Waals surface area contributed by atoms with Crippen LogP contribution in [0.4, 0.5) is 5.69 Å². The van der Waals surface area contributed by atoms with Crippen molar-refractivity contribution >= 4 is 34.1 Å². The second-order valence-electron chi connectivity index (χ2n) is 6.61. The molecule has 2 aromatic carbocycles. The summed E-state index contributed by atoms with van der Waals surface area (Å²) in [5.41, 5.74) is 2.21. The maximum Gasteiger partial charge on any atom is 0.340 e. The van der Waals surface area contributed by atoms with E-state index in [0.29, 0.717) is 11.5 Å². The Morgan fingerprint density at radius 3 is 2.52 bits per heavy atom. The third-order valence-corrected chi connectivity index (χ3v) is 4.45. The highest BCUT2D eigenvalue weighted by atomic mass is 16.5. The number of nitrogens with one attached hydrogen (secondary N) is 1. The van der Waals surface area contributed by atoms with Gasteiger partial charge in [-0.05, 0) is 49.7 Å². The minimum atomic E-state index is -0.534. The Morgan fingerprint density at radius 1 is 1.07 bits per heavy atom. The fourth-order valence-corrected chi connectivity index (χ4v) is 3.16. The van der Waals surface area contributed by atoms with Crippen LogP contribution in [0.5, 0.6) is 0 Å². The van der Waals surface area contributed by atoms with Gasteiger partial charge in [-0.2, -0.15) is 4.98 Å². The van der Waals surface area contributed by atoms with Crippen molar-refractivity contribution in [3.8, 4) is 0 Å². The summed E-state index contributed by atoms with van der Waals surface area (Å²) in [5, 5.41) is 8.74. The predicted octanol–water partition coefficient (Wildman–Crippen LogP) is 3.32. The van der Waals surface area contributed by atoms with Gasteiger partial charge >= 0.3 is 5.97 Å². The van der Waals surface area contributed by atoms with E-state index in [2.05, 4.69) is 20.4 Å². The fraction of sp³-hybridized carbons (Fsp3) is 0.190. The highest BCUT2D eigenvalue weighted by Crippen LogP contribution is 2.25. The lowest BCUT2D eigenvalue weighted by Crippen LogP contribution is -2.17. The molecule has 0 spiro atoms. The number of ether oxygens (including phenoxy) is 1. The first-order valence-electron chi connectivity index (χ1n) is 9.18. The molecule has 0 bridgehead atoms. The maximum atomic E-state index is 12.8. The number of aryl methyl sites for hydroxylation is 2. The highest BCUT2D eigenvalue weighted by Gasteiger charge is 2.20. The monoisotopic (exact) mass is 389 g/mol. The molecule has 1 N–H and O–H groups in total. The summed E-state index contributed by atoms with van der Waals surface area (Å²) in [6.45, 7) is 5.68. The number of aromatic nitrogens is 4.